The lowest BCUT2D eigenvalue weighted by Gasteiger charge is -2.16. The zero-order valence-corrected chi connectivity index (χ0v) is 17.2. The number of aryl methyl sites for hydroxylation is 1. The minimum absolute atomic E-state index is 0.235. The van der Waals surface area contributed by atoms with Crippen molar-refractivity contribution in [1.29, 1.82) is 0 Å². The Kier molecular flexibility index (Phi) is 6.44. The zero-order chi connectivity index (χ0) is 20.8. The Bertz CT molecular complexity index is 984. The van der Waals surface area contributed by atoms with Crippen LogP contribution in [-0.4, -0.2) is 23.0 Å². The fourth-order valence-electron chi connectivity index (χ4n) is 3.09. The Balaban J connectivity index is 1.68. The highest BCUT2D eigenvalue weighted by atomic mass is 16.5. The van der Waals surface area contributed by atoms with Crippen LogP contribution in [0.2, 0.25) is 0 Å². The normalized spacial score (nSPS) is 10.7. The molecule has 1 aromatic heterocycles. The lowest BCUT2D eigenvalue weighted by molar-refractivity contribution is 0.0950. The van der Waals surface area contributed by atoms with Crippen LogP contribution in [0.3, 0.4) is 0 Å². The predicted molar refractivity (Wildman–Crippen MR) is 115 cm³/mol. The topological polar surface area (TPSA) is 76.1 Å². The van der Waals surface area contributed by atoms with Gasteiger partial charge in [0.05, 0.1) is 12.7 Å². The van der Waals surface area contributed by atoms with Gasteiger partial charge in [0.25, 0.3) is 5.91 Å². The molecule has 3 rings (SSSR count). The molecule has 0 saturated heterocycles. The highest BCUT2D eigenvalue weighted by Crippen LogP contribution is 2.29. The maximum absolute atomic E-state index is 12.4. The fourth-order valence-corrected chi connectivity index (χ4v) is 3.09. The Morgan fingerprint density at radius 2 is 1.79 bits per heavy atom. The van der Waals surface area contributed by atoms with Gasteiger partial charge in [-0.3, -0.25) is 4.79 Å². The van der Waals surface area contributed by atoms with Crippen molar-refractivity contribution in [2.45, 2.75) is 33.2 Å². The molecule has 150 valence electrons. The number of rotatable bonds is 7. The largest absolute Gasteiger partial charge is 0.496 e. The van der Waals surface area contributed by atoms with Crippen molar-refractivity contribution in [3.05, 3.63) is 77.1 Å². The molecule has 0 fully saturated rings. The maximum atomic E-state index is 12.4. The summed E-state index contributed by atoms with van der Waals surface area (Å²) in [5.41, 5.74) is 4.64. The molecule has 0 atom stereocenters. The summed E-state index contributed by atoms with van der Waals surface area (Å²) in [6.45, 7) is 6.71. The first-order valence-electron chi connectivity index (χ1n) is 9.58. The zero-order valence-electron chi connectivity index (χ0n) is 17.2. The SMILES string of the molecule is COc1ccccc1CNC(=O)c1cnc(Nc2c(C)cccc2C(C)C)nc1. The Morgan fingerprint density at radius 1 is 1.07 bits per heavy atom. The molecular formula is C23H26N4O2. The van der Waals surface area contributed by atoms with Crippen LogP contribution in [0.1, 0.15) is 46.8 Å². The van der Waals surface area contributed by atoms with Gasteiger partial charge in [0.15, 0.2) is 0 Å². The molecule has 1 heterocycles. The number of hydrogen-bond acceptors (Lipinski definition) is 5. The van der Waals surface area contributed by atoms with Gasteiger partial charge in [0.2, 0.25) is 5.95 Å². The molecule has 0 bridgehead atoms. The van der Waals surface area contributed by atoms with Crippen molar-refractivity contribution in [3.63, 3.8) is 0 Å². The van der Waals surface area contributed by atoms with Crippen molar-refractivity contribution in [1.82, 2.24) is 15.3 Å². The van der Waals surface area contributed by atoms with Crippen molar-refractivity contribution in [3.8, 4) is 5.75 Å². The average molecular weight is 390 g/mol. The van der Waals surface area contributed by atoms with Crippen molar-refractivity contribution in [2.75, 3.05) is 12.4 Å². The van der Waals surface area contributed by atoms with E-state index in [1.54, 1.807) is 7.11 Å². The molecule has 0 aliphatic rings. The van der Waals surface area contributed by atoms with E-state index in [4.69, 9.17) is 4.74 Å². The van der Waals surface area contributed by atoms with Crippen molar-refractivity contribution >= 4 is 17.5 Å². The van der Waals surface area contributed by atoms with Gasteiger partial charge in [-0.2, -0.15) is 0 Å². The summed E-state index contributed by atoms with van der Waals surface area (Å²) >= 11 is 0. The highest BCUT2D eigenvalue weighted by molar-refractivity contribution is 5.93. The van der Waals surface area contributed by atoms with E-state index in [1.807, 2.05) is 43.3 Å². The number of anilines is 2. The number of amides is 1. The average Bonchev–Trinajstić information content (AvgIpc) is 2.74. The van der Waals surface area contributed by atoms with Gasteiger partial charge < -0.3 is 15.4 Å². The molecule has 3 aromatic rings. The summed E-state index contributed by atoms with van der Waals surface area (Å²) in [6.07, 6.45) is 3.06. The van der Waals surface area contributed by atoms with Gasteiger partial charge >= 0.3 is 0 Å². The smallest absolute Gasteiger partial charge is 0.254 e. The number of nitrogens with one attached hydrogen (secondary N) is 2. The highest BCUT2D eigenvalue weighted by Gasteiger charge is 2.12. The summed E-state index contributed by atoms with van der Waals surface area (Å²) in [6, 6.07) is 13.8. The number of aromatic nitrogens is 2. The van der Waals surface area contributed by atoms with Crippen molar-refractivity contribution in [2.24, 2.45) is 0 Å². The van der Waals surface area contributed by atoms with Gasteiger partial charge in [0, 0.05) is 30.2 Å². The molecule has 6 heteroatoms. The number of benzene rings is 2. The molecule has 0 radical (unpaired) electrons. The first kappa shape index (κ1) is 20.3. The van der Waals surface area contributed by atoms with Crippen molar-refractivity contribution < 1.29 is 9.53 Å². The van der Waals surface area contributed by atoms with Crippen LogP contribution < -0.4 is 15.4 Å². The first-order valence-corrected chi connectivity index (χ1v) is 9.58. The summed E-state index contributed by atoms with van der Waals surface area (Å²) in [5.74, 6) is 1.34. The van der Waals surface area contributed by atoms with Crippen LogP contribution in [0, 0.1) is 6.92 Å². The number of nitrogens with zero attached hydrogens (tertiary/aromatic N) is 2. The van der Waals surface area contributed by atoms with Crippen LogP contribution >= 0.6 is 0 Å². The molecule has 1 amide bonds. The molecule has 0 aliphatic carbocycles. The van der Waals surface area contributed by atoms with Crippen LogP contribution in [0.15, 0.2) is 54.9 Å². The van der Waals surface area contributed by atoms with E-state index in [9.17, 15) is 4.79 Å². The summed E-state index contributed by atoms with van der Waals surface area (Å²) < 4.78 is 5.31. The lowest BCUT2D eigenvalue weighted by atomic mass is 9.98. The molecule has 0 spiro atoms. The second-order valence-corrected chi connectivity index (χ2v) is 7.11. The van der Waals surface area contributed by atoms with Gasteiger partial charge in [-0.05, 0) is 30.0 Å². The number of carbonyl (C=O) groups is 1. The van der Waals surface area contributed by atoms with E-state index < -0.39 is 0 Å². The van der Waals surface area contributed by atoms with E-state index >= 15 is 0 Å². The van der Waals surface area contributed by atoms with Crippen LogP contribution in [-0.2, 0) is 6.54 Å². The number of ether oxygens (including phenoxy) is 1. The van der Waals surface area contributed by atoms with Gasteiger partial charge in [0.1, 0.15) is 5.75 Å². The Morgan fingerprint density at radius 3 is 2.48 bits per heavy atom. The molecular weight excluding hydrogens is 364 g/mol. The first-order chi connectivity index (χ1) is 14.0. The third kappa shape index (κ3) is 4.90. The number of hydrogen-bond donors (Lipinski definition) is 2. The van der Waals surface area contributed by atoms with E-state index in [-0.39, 0.29) is 5.91 Å². The van der Waals surface area contributed by atoms with E-state index in [2.05, 4.69) is 40.5 Å². The minimum Gasteiger partial charge on any atom is -0.496 e. The number of para-hydroxylation sites is 2. The predicted octanol–water partition coefficient (Wildman–Crippen LogP) is 4.59. The van der Waals surface area contributed by atoms with E-state index in [0.717, 1.165) is 22.6 Å². The second-order valence-electron chi connectivity index (χ2n) is 7.11. The third-order valence-electron chi connectivity index (χ3n) is 4.71. The molecule has 0 unspecified atom stereocenters. The molecule has 2 N–H and O–H groups in total. The van der Waals surface area contributed by atoms with Crippen LogP contribution in [0.5, 0.6) is 5.75 Å². The second kappa shape index (κ2) is 9.19. The quantitative estimate of drug-likeness (QED) is 0.617. The van der Waals surface area contributed by atoms with Gasteiger partial charge in [-0.1, -0.05) is 50.2 Å². The van der Waals surface area contributed by atoms with E-state index in [1.165, 1.54) is 18.0 Å². The maximum Gasteiger partial charge on any atom is 0.254 e. The molecule has 0 saturated carbocycles. The summed E-state index contributed by atoms with van der Waals surface area (Å²) in [5, 5.41) is 6.16. The Hall–Kier alpha value is -3.41. The lowest BCUT2D eigenvalue weighted by Crippen LogP contribution is -2.23. The fraction of sp³-hybridized carbons (Fsp3) is 0.261. The molecule has 0 aliphatic heterocycles. The minimum atomic E-state index is -0.235. The standard InChI is InChI=1S/C23H26N4O2/c1-15(2)19-10-7-8-16(3)21(19)27-23-25-13-18(14-26-23)22(28)24-12-17-9-5-6-11-20(17)29-4/h5-11,13-15H,12H2,1-4H3,(H,24,28)(H,25,26,27). The molecule has 6 nitrogen and oxygen atoms in total. The molecule has 2 aromatic carbocycles. The van der Waals surface area contributed by atoms with Crippen LogP contribution in [0.25, 0.3) is 0 Å². The van der Waals surface area contributed by atoms with Crippen LogP contribution in [0.4, 0.5) is 11.6 Å². The summed E-state index contributed by atoms with van der Waals surface area (Å²) in [4.78, 5) is 21.1. The van der Waals surface area contributed by atoms with Gasteiger partial charge in [-0.25, -0.2) is 9.97 Å². The number of carbonyl (C=O) groups excluding carboxylic acids is 1. The van der Waals surface area contributed by atoms with E-state index in [0.29, 0.717) is 24.0 Å². The third-order valence-corrected chi connectivity index (χ3v) is 4.71. The Labute approximate surface area is 171 Å². The monoisotopic (exact) mass is 390 g/mol. The summed E-state index contributed by atoms with van der Waals surface area (Å²) in [7, 11) is 1.61. The number of methoxy groups -OCH3 is 1. The molecule has 29 heavy (non-hydrogen) atoms. The van der Waals surface area contributed by atoms with Gasteiger partial charge in [-0.15, -0.1) is 0 Å².